The number of ether oxygens (including phenoxy) is 1. The summed E-state index contributed by atoms with van der Waals surface area (Å²) in [5, 5.41) is 13.3. The Morgan fingerprint density at radius 1 is 1.29 bits per heavy atom. The number of anilines is 1. The van der Waals surface area contributed by atoms with E-state index in [0.717, 1.165) is 0 Å². The van der Waals surface area contributed by atoms with Crippen molar-refractivity contribution >= 4 is 17.4 Å². The average molecular weight is 330 g/mol. The molecule has 1 amide bonds. The highest BCUT2D eigenvalue weighted by molar-refractivity contribution is 5.98. The minimum Gasteiger partial charge on any atom is -0.492 e. The highest BCUT2D eigenvalue weighted by Crippen LogP contribution is 2.17. The van der Waals surface area contributed by atoms with Gasteiger partial charge in [-0.05, 0) is 24.3 Å². The Kier molecular flexibility index (Phi) is 5.67. The van der Waals surface area contributed by atoms with Crippen LogP contribution in [-0.4, -0.2) is 43.1 Å². The van der Waals surface area contributed by atoms with Crippen LogP contribution >= 0.6 is 0 Å². The third kappa shape index (κ3) is 4.42. The van der Waals surface area contributed by atoms with Crippen molar-refractivity contribution in [3.05, 3.63) is 58.3 Å². The Morgan fingerprint density at radius 3 is 2.62 bits per heavy atom. The molecule has 1 aromatic heterocycles. The molecule has 2 rings (SSSR count). The van der Waals surface area contributed by atoms with Crippen LogP contribution in [0.3, 0.4) is 0 Å². The van der Waals surface area contributed by atoms with Gasteiger partial charge in [0.05, 0.1) is 17.0 Å². The molecule has 0 unspecified atom stereocenters. The molecule has 0 bridgehead atoms. The number of amides is 1. The lowest BCUT2D eigenvalue weighted by Crippen LogP contribution is -2.29. The van der Waals surface area contributed by atoms with Crippen LogP contribution in [0.4, 0.5) is 11.5 Å². The molecule has 0 aliphatic carbocycles. The van der Waals surface area contributed by atoms with Gasteiger partial charge in [-0.1, -0.05) is 0 Å². The number of non-ortho nitro benzene ring substituents is 1. The van der Waals surface area contributed by atoms with Gasteiger partial charge < -0.3 is 15.0 Å². The second kappa shape index (κ2) is 7.91. The van der Waals surface area contributed by atoms with Gasteiger partial charge in [-0.25, -0.2) is 4.98 Å². The molecule has 24 heavy (non-hydrogen) atoms. The molecule has 0 saturated heterocycles. The molecule has 0 fully saturated rings. The summed E-state index contributed by atoms with van der Waals surface area (Å²) in [7, 11) is 3.63. The molecule has 0 aliphatic heterocycles. The second-order valence-corrected chi connectivity index (χ2v) is 5.12. The smallest absolute Gasteiger partial charge is 0.269 e. The van der Waals surface area contributed by atoms with Gasteiger partial charge in [-0.3, -0.25) is 14.9 Å². The summed E-state index contributed by atoms with van der Waals surface area (Å²) in [4.78, 5) is 28.2. The van der Waals surface area contributed by atoms with Gasteiger partial charge in [0.2, 0.25) is 0 Å². The largest absolute Gasteiger partial charge is 0.492 e. The van der Waals surface area contributed by atoms with Crippen molar-refractivity contribution in [3.63, 3.8) is 0 Å². The van der Waals surface area contributed by atoms with Gasteiger partial charge in [0.15, 0.2) is 0 Å². The van der Waals surface area contributed by atoms with E-state index in [9.17, 15) is 14.9 Å². The first kappa shape index (κ1) is 17.2. The van der Waals surface area contributed by atoms with Gasteiger partial charge >= 0.3 is 0 Å². The first-order chi connectivity index (χ1) is 11.5. The third-order valence-electron chi connectivity index (χ3n) is 3.16. The fraction of sp³-hybridized carbons (Fsp3) is 0.250. The lowest BCUT2D eigenvalue weighted by atomic mass is 10.2. The van der Waals surface area contributed by atoms with Gasteiger partial charge in [-0.2, -0.15) is 0 Å². The zero-order chi connectivity index (χ0) is 17.5. The zero-order valence-corrected chi connectivity index (χ0v) is 13.4. The molecule has 2 aromatic rings. The van der Waals surface area contributed by atoms with E-state index in [1.54, 1.807) is 23.2 Å². The summed E-state index contributed by atoms with van der Waals surface area (Å²) < 4.78 is 5.44. The first-order valence-electron chi connectivity index (χ1n) is 7.27. The molecule has 1 aromatic carbocycles. The van der Waals surface area contributed by atoms with E-state index in [0.29, 0.717) is 23.7 Å². The summed E-state index contributed by atoms with van der Waals surface area (Å²) in [5.41, 5.74) is 0.487. The molecule has 0 spiro atoms. The summed E-state index contributed by atoms with van der Waals surface area (Å²) in [5.74, 6) is 0.857. The normalized spacial score (nSPS) is 10.1. The Hall–Kier alpha value is -3.16. The maximum Gasteiger partial charge on any atom is 0.269 e. The molecule has 8 heteroatoms. The number of pyridine rings is 1. The number of aromatic nitrogens is 1. The maximum atomic E-state index is 12.2. The molecule has 0 saturated carbocycles. The minimum absolute atomic E-state index is 0.00319. The Morgan fingerprint density at radius 2 is 2.00 bits per heavy atom. The van der Waals surface area contributed by atoms with Crippen molar-refractivity contribution in [2.45, 2.75) is 0 Å². The van der Waals surface area contributed by atoms with E-state index in [2.05, 4.69) is 10.3 Å². The Bertz CT molecular complexity index is 716. The monoisotopic (exact) mass is 330 g/mol. The number of carbonyl (C=O) groups is 1. The van der Waals surface area contributed by atoms with E-state index in [4.69, 9.17) is 4.74 Å². The average Bonchev–Trinajstić information content (AvgIpc) is 2.58. The van der Waals surface area contributed by atoms with Crippen LogP contribution < -0.4 is 15.0 Å². The van der Waals surface area contributed by atoms with E-state index >= 15 is 0 Å². The highest BCUT2D eigenvalue weighted by atomic mass is 16.6. The van der Waals surface area contributed by atoms with Crippen molar-refractivity contribution in [2.24, 2.45) is 0 Å². The van der Waals surface area contributed by atoms with Crippen LogP contribution in [-0.2, 0) is 0 Å². The molecule has 1 heterocycles. The molecule has 8 nitrogen and oxygen atoms in total. The quantitative estimate of drug-likeness (QED) is 0.473. The molecule has 1 N–H and O–H groups in total. The van der Waals surface area contributed by atoms with Crippen LogP contribution in [0.1, 0.15) is 10.4 Å². The number of hydrogen-bond donors (Lipinski definition) is 1. The Balaban J connectivity index is 1.84. The topological polar surface area (TPSA) is 97.6 Å². The van der Waals surface area contributed by atoms with E-state index in [1.807, 2.05) is 14.1 Å². The third-order valence-corrected chi connectivity index (χ3v) is 3.16. The van der Waals surface area contributed by atoms with Gasteiger partial charge in [0.1, 0.15) is 18.2 Å². The zero-order valence-electron chi connectivity index (χ0n) is 13.4. The lowest BCUT2D eigenvalue weighted by molar-refractivity contribution is -0.384. The van der Waals surface area contributed by atoms with Gasteiger partial charge in [0.25, 0.3) is 11.6 Å². The highest BCUT2D eigenvalue weighted by Gasteiger charge is 2.13. The molecular formula is C16H18N4O4. The van der Waals surface area contributed by atoms with Crippen LogP contribution in [0.2, 0.25) is 0 Å². The van der Waals surface area contributed by atoms with Crippen LogP contribution in [0.5, 0.6) is 5.75 Å². The predicted octanol–water partition coefficient (Wildman–Crippen LogP) is 1.86. The van der Waals surface area contributed by atoms with Crippen molar-refractivity contribution in [2.75, 3.05) is 32.1 Å². The van der Waals surface area contributed by atoms with Crippen molar-refractivity contribution in [3.8, 4) is 5.75 Å². The van der Waals surface area contributed by atoms with Crippen molar-refractivity contribution < 1.29 is 14.5 Å². The van der Waals surface area contributed by atoms with Gasteiger partial charge in [0, 0.05) is 32.4 Å². The van der Waals surface area contributed by atoms with Gasteiger partial charge in [-0.15, -0.1) is 0 Å². The van der Waals surface area contributed by atoms with E-state index in [-0.39, 0.29) is 18.2 Å². The predicted molar refractivity (Wildman–Crippen MR) is 89.5 cm³/mol. The number of nitro groups is 1. The second-order valence-electron chi connectivity index (χ2n) is 5.12. The molecule has 126 valence electrons. The van der Waals surface area contributed by atoms with Crippen molar-refractivity contribution in [1.82, 2.24) is 10.3 Å². The summed E-state index contributed by atoms with van der Waals surface area (Å²) in [6, 6.07) is 9.18. The van der Waals surface area contributed by atoms with Crippen LogP contribution in [0.15, 0.2) is 42.6 Å². The molecule has 0 radical (unpaired) electrons. The van der Waals surface area contributed by atoms with E-state index < -0.39 is 4.92 Å². The van der Waals surface area contributed by atoms with Crippen LogP contribution in [0, 0.1) is 10.1 Å². The first-order valence-corrected chi connectivity index (χ1v) is 7.27. The number of nitro benzene ring substituents is 1. The number of rotatable bonds is 7. The molecule has 0 aliphatic rings. The Labute approximate surface area is 139 Å². The number of carbonyl (C=O) groups excluding carboxylic acids is 1. The fourth-order valence-electron chi connectivity index (χ4n) is 2.02. The minimum atomic E-state index is -0.472. The standard InChI is InChI=1S/C16H18N4O4/c1-19(2)15-14(4-3-9-17-15)16(21)18-10-11-24-13-7-5-12(6-8-13)20(22)23/h3-9H,10-11H2,1-2H3,(H,18,21). The number of nitrogens with one attached hydrogen (secondary N) is 1. The summed E-state index contributed by atoms with van der Waals surface area (Å²) >= 11 is 0. The van der Waals surface area contributed by atoms with Crippen LogP contribution in [0.25, 0.3) is 0 Å². The van der Waals surface area contributed by atoms with E-state index in [1.165, 1.54) is 24.3 Å². The summed E-state index contributed by atoms with van der Waals surface area (Å²) in [6.45, 7) is 0.554. The number of hydrogen-bond acceptors (Lipinski definition) is 6. The number of benzene rings is 1. The molecular weight excluding hydrogens is 312 g/mol. The fourth-order valence-corrected chi connectivity index (χ4v) is 2.02. The summed E-state index contributed by atoms with van der Waals surface area (Å²) in [6.07, 6.45) is 1.63. The number of nitrogens with zero attached hydrogens (tertiary/aromatic N) is 3. The lowest BCUT2D eigenvalue weighted by Gasteiger charge is -2.15. The SMILES string of the molecule is CN(C)c1ncccc1C(=O)NCCOc1ccc([N+](=O)[O-])cc1. The van der Waals surface area contributed by atoms with Crippen molar-refractivity contribution in [1.29, 1.82) is 0 Å². The molecule has 0 atom stereocenters. The maximum absolute atomic E-state index is 12.2.